The predicted octanol–water partition coefficient (Wildman–Crippen LogP) is 3.23. The first-order chi connectivity index (χ1) is 12.1. The van der Waals surface area contributed by atoms with E-state index in [1.165, 1.54) is 24.8 Å². The van der Waals surface area contributed by atoms with Crippen molar-refractivity contribution in [2.75, 3.05) is 25.5 Å². The minimum atomic E-state index is -0.0731. The van der Waals surface area contributed by atoms with Crippen LogP contribution in [0, 0.1) is 5.41 Å². The number of urea groups is 1. The summed E-state index contributed by atoms with van der Waals surface area (Å²) in [6.45, 7) is 1.58. The van der Waals surface area contributed by atoms with Crippen LogP contribution < -0.4 is 10.1 Å². The van der Waals surface area contributed by atoms with Crippen LogP contribution >= 0.6 is 0 Å². The second-order valence-electron chi connectivity index (χ2n) is 7.22. The molecule has 1 aliphatic carbocycles. The molecule has 2 aliphatic rings. The number of hydrogen-bond acceptors (Lipinski definition) is 3. The van der Waals surface area contributed by atoms with E-state index in [9.17, 15) is 4.79 Å². The van der Waals surface area contributed by atoms with E-state index in [2.05, 4.69) is 34.7 Å². The maximum atomic E-state index is 12.8. The number of nitrogens with one attached hydrogen (secondary N) is 1. The minimum absolute atomic E-state index is 0.0731. The van der Waals surface area contributed by atoms with Gasteiger partial charge in [-0.05, 0) is 23.8 Å². The van der Waals surface area contributed by atoms with Gasteiger partial charge in [0.2, 0.25) is 0 Å². The Kier molecular flexibility index (Phi) is 3.90. The third-order valence-electron chi connectivity index (χ3n) is 5.72. The number of carbonyl (C=O) groups is 1. The van der Waals surface area contributed by atoms with Crippen LogP contribution in [-0.4, -0.2) is 40.9 Å². The first-order valence-electron chi connectivity index (χ1n) is 8.80. The Morgan fingerprint density at radius 3 is 2.72 bits per heavy atom. The summed E-state index contributed by atoms with van der Waals surface area (Å²) in [6.07, 6.45) is 5.43. The van der Waals surface area contributed by atoms with E-state index in [0.29, 0.717) is 17.5 Å². The van der Waals surface area contributed by atoms with Gasteiger partial charge in [0.05, 0.1) is 13.3 Å². The van der Waals surface area contributed by atoms with Gasteiger partial charge in [-0.2, -0.15) is 0 Å². The average Bonchev–Trinajstić information content (AvgIpc) is 3.16. The molecule has 2 heterocycles. The van der Waals surface area contributed by atoms with E-state index in [1.54, 1.807) is 18.0 Å². The molecule has 1 aliphatic heterocycles. The highest BCUT2D eigenvalue weighted by atomic mass is 16.5. The molecular formula is C19H24N4O2. The van der Waals surface area contributed by atoms with Crippen LogP contribution in [0.1, 0.15) is 30.7 Å². The first kappa shape index (κ1) is 16.0. The second kappa shape index (κ2) is 6.10. The fourth-order valence-corrected chi connectivity index (χ4v) is 4.30. The topological polar surface area (TPSA) is 59.4 Å². The number of rotatable bonds is 3. The van der Waals surface area contributed by atoms with Gasteiger partial charge in [0, 0.05) is 26.1 Å². The molecule has 2 aromatic rings. The van der Waals surface area contributed by atoms with Crippen LogP contribution in [0.3, 0.4) is 0 Å². The molecule has 4 rings (SSSR count). The number of aromatic nitrogens is 2. The lowest BCUT2D eigenvalue weighted by Crippen LogP contribution is -2.39. The van der Waals surface area contributed by atoms with Crippen LogP contribution in [-0.2, 0) is 7.05 Å². The summed E-state index contributed by atoms with van der Waals surface area (Å²) in [5.74, 6) is 0.858. The maximum absolute atomic E-state index is 12.8. The van der Waals surface area contributed by atoms with E-state index in [0.717, 1.165) is 13.1 Å². The molecular weight excluding hydrogens is 316 g/mol. The van der Waals surface area contributed by atoms with Gasteiger partial charge in [-0.3, -0.25) is 4.68 Å². The Morgan fingerprint density at radius 2 is 2.08 bits per heavy atom. The van der Waals surface area contributed by atoms with Gasteiger partial charge in [-0.15, -0.1) is 5.10 Å². The number of methoxy groups -OCH3 is 1. The van der Waals surface area contributed by atoms with Crippen molar-refractivity contribution in [1.82, 2.24) is 14.7 Å². The summed E-state index contributed by atoms with van der Waals surface area (Å²) in [5.41, 5.74) is 2.20. The Bertz CT molecular complexity index is 767. The van der Waals surface area contributed by atoms with Crippen LogP contribution in [0.2, 0.25) is 0 Å². The summed E-state index contributed by atoms with van der Waals surface area (Å²) in [6, 6.07) is 10.5. The minimum Gasteiger partial charge on any atom is -0.478 e. The van der Waals surface area contributed by atoms with E-state index >= 15 is 0 Å². The van der Waals surface area contributed by atoms with Gasteiger partial charge < -0.3 is 15.0 Å². The molecule has 1 N–H and O–H groups in total. The van der Waals surface area contributed by atoms with Gasteiger partial charge in [-0.1, -0.05) is 36.8 Å². The molecule has 6 nitrogen and oxygen atoms in total. The fraction of sp³-hybridized carbons (Fsp3) is 0.474. The summed E-state index contributed by atoms with van der Waals surface area (Å²) in [5, 5.41) is 7.15. The molecule has 1 atom stereocenters. The number of benzene rings is 1. The number of aryl methyl sites for hydroxylation is 1. The molecule has 2 fully saturated rings. The number of nitrogens with zero attached hydrogens (tertiary/aromatic N) is 3. The fourth-order valence-electron chi connectivity index (χ4n) is 4.30. The Balaban J connectivity index is 1.52. The molecule has 1 aromatic heterocycles. The summed E-state index contributed by atoms with van der Waals surface area (Å²) >= 11 is 0. The zero-order chi connectivity index (χ0) is 17.4. The molecule has 6 heteroatoms. The van der Waals surface area contributed by atoms with E-state index in [-0.39, 0.29) is 11.4 Å². The van der Waals surface area contributed by atoms with Crippen molar-refractivity contribution in [2.45, 2.75) is 25.2 Å². The highest BCUT2D eigenvalue weighted by Crippen LogP contribution is 2.55. The third kappa shape index (κ3) is 2.75. The van der Waals surface area contributed by atoms with E-state index < -0.39 is 0 Å². The van der Waals surface area contributed by atoms with Crippen molar-refractivity contribution in [3.05, 3.63) is 42.1 Å². The number of amides is 2. The maximum Gasteiger partial charge on any atom is 0.322 e. The van der Waals surface area contributed by atoms with Crippen molar-refractivity contribution < 1.29 is 9.53 Å². The molecule has 25 heavy (non-hydrogen) atoms. The molecule has 132 valence electrons. The lowest BCUT2D eigenvalue weighted by molar-refractivity contribution is 0.125. The molecule has 2 amide bonds. The largest absolute Gasteiger partial charge is 0.478 e. The zero-order valence-electron chi connectivity index (χ0n) is 14.7. The quantitative estimate of drug-likeness (QED) is 0.933. The lowest BCUT2D eigenvalue weighted by Gasteiger charge is -2.43. The molecule has 0 unspecified atom stereocenters. The molecule has 1 aromatic carbocycles. The second-order valence-corrected chi connectivity index (χ2v) is 7.22. The number of likely N-dealkylation sites (tertiary alicyclic amines) is 1. The van der Waals surface area contributed by atoms with Gasteiger partial charge in [0.25, 0.3) is 5.88 Å². The SMILES string of the molecule is COc1nn(C)cc1NC(=O)N1C[C@@H](c2ccccc2)C2(CCC2)C1. The highest BCUT2D eigenvalue weighted by Gasteiger charge is 2.51. The molecule has 1 saturated heterocycles. The van der Waals surface area contributed by atoms with Crippen molar-refractivity contribution >= 4 is 11.7 Å². The Hall–Kier alpha value is -2.50. The third-order valence-corrected chi connectivity index (χ3v) is 5.72. The number of carbonyl (C=O) groups excluding carboxylic acids is 1. The number of anilines is 1. The molecule has 1 spiro atoms. The first-order valence-corrected chi connectivity index (χ1v) is 8.80. The van der Waals surface area contributed by atoms with Gasteiger partial charge in [-0.25, -0.2) is 4.79 Å². The summed E-state index contributed by atoms with van der Waals surface area (Å²) < 4.78 is 6.87. The smallest absolute Gasteiger partial charge is 0.322 e. The van der Waals surface area contributed by atoms with Crippen LogP contribution in [0.25, 0.3) is 0 Å². The van der Waals surface area contributed by atoms with Gasteiger partial charge in [0.1, 0.15) is 5.69 Å². The zero-order valence-corrected chi connectivity index (χ0v) is 14.7. The molecule has 1 saturated carbocycles. The standard InChI is InChI=1S/C19H24N4O2/c1-22-12-16(17(21-22)25-2)20-18(24)23-11-15(14-7-4-3-5-8-14)19(13-23)9-6-10-19/h3-5,7-8,12,15H,6,9-11,13H2,1-2H3,(H,20,24)/t15-/m0/s1. The average molecular weight is 340 g/mol. The van der Waals surface area contributed by atoms with E-state index in [4.69, 9.17) is 4.74 Å². The predicted molar refractivity (Wildman–Crippen MR) is 95.8 cm³/mol. The highest BCUT2D eigenvalue weighted by molar-refractivity contribution is 5.90. The van der Waals surface area contributed by atoms with Crippen LogP contribution in [0.5, 0.6) is 5.88 Å². The number of ether oxygens (including phenoxy) is 1. The van der Waals surface area contributed by atoms with Crippen LogP contribution in [0.4, 0.5) is 10.5 Å². The van der Waals surface area contributed by atoms with Crippen molar-refractivity contribution in [2.24, 2.45) is 12.5 Å². The van der Waals surface area contributed by atoms with Gasteiger partial charge in [0.15, 0.2) is 0 Å². The molecule has 0 radical (unpaired) electrons. The van der Waals surface area contributed by atoms with Crippen molar-refractivity contribution in [1.29, 1.82) is 0 Å². The van der Waals surface area contributed by atoms with E-state index in [1.807, 2.05) is 18.0 Å². The summed E-state index contributed by atoms with van der Waals surface area (Å²) in [7, 11) is 3.37. The Morgan fingerprint density at radius 1 is 1.32 bits per heavy atom. The number of hydrogen-bond donors (Lipinski definition) is 1. The normalized spacial score (nSPS) is 21.2. The van der Waals surface area contributed by atoms with Crippen molar-refractivity contribution in [3.63, 3.8) is 0 Å². The van der Waals surface area contributed by atoms with Crippen molar-refractivity contribution in [3.8, 4) is 5.88 Å². The molecule has 0 bridgehead atoms. The lowest BCUT2D eigenvalue weighted by atomic mass is 9.61. The monoisotopic (exact) mass is 340 g/mol. The summed E-state index contributed by atoms with van der Waals surface area (Å²) in [4.78, 5) is 14.8. The van der Waals surface area contributed by atoms with Gasteiger partial charge >= 0.3 is 6.03 Å². The Labute approximate surface area is 147 Å². The van der Waals surface area contributed by atoms with Crippen LogP contribution in [0.15, 0.2) is 36.5 Å².